The van der Waals surface area contributed by atoms with Gasteiger partial charge in [0.25, 0.3) is 0 Å². The highest BCUT2D eigenvalue weighted by Crippen LogP contribution is 2.09. The Hall–Kier alpha value is -0.690. The molecule has 2 N–H and O–H groups in total. The van der Waals surface area contributed by atoms with Crippen molar-refractivity contribution in [2.75, 3.05) is 11.6 Å². The van der Waals surface area contributed by atoms with E-state index in [1.165, 1.54) is 5.56 Å². The van der Waals surface area contributed by atoms with Gasteiger partial charge in [-0.15, -0.1) is 11.6 Å². The van der Waals surface area contributed by atoms with Crippen LogP contribution in [0.2, 0.25) is 0 Å². The van der Waals surface area contributed by atoms with E-state index in [-0.39, 0.29) is 0 Å². The van der Waals surface area contributed by atoms with Crippen LogP contribution in [0.5, 0.6) is 0 Å². The summed E-state index contributed by atoms with van der Waals surface area (Å²) in [6.07, 6.45) is 3.31. The van der Waals surface area contributed by atoms with E-state index < -0.39 is 0 Å². The Morgan fingerprint density at radius 2 is 2.08 bits per heavy atom. The molecule has 0 bridgehead atoms. The fraction of sp³-hybridized carbons (Fsp3) is 0.400. The maximum atomic E-state index is 5.64. The van der Waals surface area contributed by atoms with Crippen LogP contribution in [0.15, 0.2) is 24.3 Å². The third kappa shape index (κ3) is 3.14. The molecule has 66 valence electrons. The Bertz CT molecular complexity index is 235. The minimum absolute atomic E-state index is 0.752. The maximum absolute atomic E-state index is 5.64. The first-order valence-corrected chi connectivity index (χ1v) is 4.77. The molecule has 0 atom stereocenters. The zero-order chi connectivity index (χ0) is 8.81. The number of nitrogen functional groups attached to an aromatic ring is 1. The Balaban J connectivity index is 2.41. The maximum Gasteiger partial charge on any atom is 0.0316 e. The van der Waals surface area contributed by atoms with E-state index in [0.717, 1.165) is 30.8 Å². The molecule has 0 aliphatic carbocycles. The molecule has 0 unspecified atom stereocenters. The summed E-state index contributed by atoms with van der Waals surface area (Å²) in [5.41, 5.74) is 7.79. The summed E-state index contributed by atoms with van der Waals surface area (Å²) in [6.45, 7) is 0. The minimum Gasteiger partial charge on any atom is -0.399 e. The van der Waals surface area contributed by atoms with Gasteiger partial charge in [0, 0.05) is 11.6 Å². The highest BCUT2D eigenvalue weighted by molar-refractivity contribution is 6.17. The number of rotatable bonds is 4. The number of unbranched alkanes of at least 4 members (excludes halogenated alkanes) is 1. The number of nitrogens with two attached hydrogens (primary N) is 1. The number of aryl methyl sites for hydroxylation is 1. The predicted molar refractivity (Wildman–Crippen MR) is 54.5 cm³/mol. The molecule has 0 heterocycles. The molecule has 0 amide bonds. The lowest BCUT2D eigenvalue weighted by Crippen LogP contribution is -1.89. The van der Waals surface area contributed by atoms with E-state index in [1.54, 1.807) is 0 Å². The van der Waals surface area contributed by atoms with Crippen LogP contribution in [0.25, 0.3) is 0 Å². The summed E-state index contributed by atoms with van der Waals surface area (Å²) in [5, 5.41) is 0. The van der Waals surface area contributed by atoms with Gasteiger partial charge in [0.15, 0.2) is 0 Å². The van der Waals surface area contributed by atoms with Crippen LogP contribution in [0.3, 0.4) is 0 Å². The average Bonchev–Trinajstić information content (AvgIpc) is 2.05. The summed E-state index contributed by atoms with van der Waals surface area (Å²) in [7, 11) is 0. The van der Waals surface area contributed by atoms with Crippen molar-refractivity contribution in [3.63, 3.8) is 0 Å². The number of hydrogen-bond donors (Lipinski definition) is 1. The fourth-order valence-electron chi connectivity index (χ4n) is 1.17. The lowest BCUT2D eigenvalue weighted by Gasteiger charge is -2.00. The van der Waals surface area contributed by atoms with Crippen LogP contribution in [0.1, 0.15) is 18.4 Å². The van der Waals surface area contributed by atoms with Crippen molar-refractivity contribution in [1.29, 1.82) is 0 Å². The fourth-order valence-corrected chi connectivity index (χ4v) is 1.36. The smallest absolute Gasteiger partial charge is 0.0316 e. The molecule has 0 aliphatic rings. The first-order valence-electron chi connectivity index (χ1n) is 4.23. The van der Waals surface area contributed by atoms with Crippen LogP contribution >= 0.6 is 11.6 Å². The largest absolute Gasteiger partial charge is 0.399 e. The van der Waals surface area contributed by atoms with Gasteiger partial charge in [-0.3, -0.25) is 0 Å². The third-order valence-corrected chi connectivity index (χ3v) is 2.07. The number of anilines is 1. The van der Waals surface area contributed by atoms with Gasteiger partial charge in [-0.1, -0.05) is 12.1 Å². The van der Waals surface area contributed by atoms with Crippen LogP contribution in [0, 0.1) is 0 Å². The predicted octanol–water partition coefficient (Wildman–Crippen LogP) is 2.83. The number of benzene rings is 1. The van der Waals surface area contributed by atoms with Gasteiger partial charge in [-0.05, 0) is 37.0 Å². The highest BCUT2D eigenvalue weighted by atomic mass is 35.5. The first kappa shape index (κ1) is 9.40. The lowest BCUT2D eigenvalue weighted by molar-refractivity contribution is 0.800. The van der Waals surface area contributed by atoms with Crippen LogP contribution in [0.4, 0.5) is 5.69 Å². The third-order valence-electron chi connectivity index (χ3n) is 1.80. The highest BCUT2D eigenvalue weighted by Gasteiger charge is 1.92. The molecule has 0 saturated carbocycles. The van der Waals surface area contributed by atoms with Crippen molar-refractivity contribution in [2.45, 2.75) is 19.3 Å². The number of alkyl halides is 1. The van der Waals surface area contributed by atoms with E-state index in [0.29, 0.717) is 0 Å². The molecule has 12 heavy (non-hydrogen) atoms. The van der Waals surface area contributed by atoms with E-state index in [1.807, 2.05) is 18.2 Å². The molecular formula is C10H14ClN. The van der Waals surface area contributed by atoms with E-state index >= 15 is 0 Å². The molecule has 2 heteroatoms. The molecule has 0 aromatic heterocycles. The topological polar surface area (TPSA) is 26.0 Å². The van der Waals surface area contributed by atoms with Gasteiger partial charge in [0.05, 0.1) is 0 Å². The van der Waals surface area contributed by atoms with Crippen molar-refractivity contribution < 1.29 is 0 Å². The van der Waals surface area contributed by atoms with Crippen molar-refractivity contribution in [1.82, 2.24) is 0 Å². The number of halogens is 1. The van der Waals surface area contributed by atoms with Gasteiger partial charge in [0.1, 0.15) is 0 Å². The summed E-state index contributed by atoms with van der Waals surface area (Å²) in [4.78, 5) is 0. The molecule has 0 aliphatic heterocycles. The molecular weight excluding hydrogens is 170 g/mol. The summed E-state index contributed by atoms with van der Waals surface area (Å²) >= 11 is 5.57. The minimum atomic E-state index is 0.752. The molecule has 0 radical (unpaired) electrons. The Morgan fingerprint density at radius 3 is 2.75 bits per heavy atom. The SMILES string of the molecule is Nc1cccc(CCCCCl)c1. The van der Waals surface area contributed by atoms with Crippen LogP contribution in [-0.2, 0) is 6.42 Å². The molecule has 1 aromatic carbocycles. The summed E-state index contributed by atoms with van der Waals surface area (Å²) in [6, 6.07) is 8.02. The van der Waals surface area contributed by atoms with Crippen molar-refractivity contribution in [3.8, 4) is 0 Å². The second kappa shape index (κ2) is 5.04. The van der Waals surface area contributed by atoms with Gasteiger partial charge in [-0.25, -0.2) is 0 Å². The average molecular weight is 184 g/mol. The zero-order valence-electron chi connectivity index (χ0n) is 7.09. The van der Waals surface area contributed by atoms with E-state index in [9.17, 15) is 0 Å². The standard InChI is InChI=1S/C10H14ClN/c11-7-2-1-4-9-5-3-6-10(12)8-9/h3,5-6,8H,1-2,4,7,12H2. The second-order valence-corrected chi connectivity index (χ2v) is 3.27. The summed E-state index contributed by atoms with van der Waals surface area (Å²) < 4.78 is 0. The van der Waals surface area contributed by atoms with E-state index in [4.69, 9.17) is 17.3 Å². The molecule has 0 saturated heterocycles. The van der Waals surface area contributed by atoms with Crippen LogP contribution < -0.4 is 5.73 Å². The van der Waals surface area contributed by atoms with Crippen LogP contribution in [-0.4, -0.2) is 5.88 Å². The van der Waals surface area contributed by atoms with Gasteiger partial charge < -0.3 is 5.73 Å². The molecule has 0 spiro atoms. The monoisotopic (exact) mass is 183 g/mol. The quantitative estimate of drug-likeness (QED) is 0.434. The Kier molecular flexibility index (Phi) is 3.95. The number of hydrogen-bond acceptors (Lipinski definition) is 1. The Labute approximate surface area is 78.5 Å². The van der Waals surface area contributed by atoms with Gasteiger partial charge in [0.2, 0.25) is 0 Å². The lowest BCUT2D eigenvalue weighted by atomic mass is 10.1. The first-order chi connectivity index (χ1) is 5.83. The zero-order valence-corrected chi connectivity index (χ0v) is 7.85. The van der Waals surface area contributed by atoms with Crippen molar-refractivity contribution in [3.05, 3.63) is 29.8 Å². The molecule has 1 aromatic rings. The van der Waals surface area contributed by atoms with Gasteiger partial charge in [-0.2, -0.15) is 0 Å². The Morgan fingerprint density at radius 1 is 1.25 bits per heavy atom. The molecule has 0 fully saturated rings. The molecule has 1 rings (SSSR count). The van der Waals surface area contributed by atoms with Crippen molar-refractivity contribution >= 4 is 17.3 Å². The van der Waals surface area contributed by atoms with Crippen molar-refractivity contribution in [2.24, 2.45) is 0 Å². The molecule has 1 nitrogen and oxygen atoms in total. The van der Waals surface area contributed by atoms with Gasteiger partial charge >= 0.3 is 0 Å². The normalized spacial score (nSPS) is 10.1. The van der Waals surface area contributed by atoms with E-state index in [2.05, 4.69) is 6.07 Å². The second-order valence-electron chi connectivity index (χ2n) is 2.89. The summed E-state index contributed by atoms with van der Waals surface area (Å²) in [5.74, 6) is 0.752.